The van der Waals surface area contributed by atoms with Gasteiger partial charge in [0.05, 0.1) is 17.3 Å². The highest BCUT2D eigenvalue weighted by atomic mass is 19.4. The van der Waals surface area contributed by atoms with E-state index in [9.17, 15) is 13.2 Å². The van der Waals surface area contributed by atoms with Crippen LogP contribution in [0.3, 0.4) is 0 Å². The Kier molecular flexibility index (Phi) is 5.03. The molecule has 1 unspecified atom stereocenters. The summed E-state index contributed by atoms with van der Waals surface area (Å²) < 4.78 is 40.9. The normalized spacial score (nSPS) is 15.5. The average Bonchev–Trinajstić information content (AvgIpc) is 3.08. The van der Waals surface area contributed by atoms with Gasteiger partial charge < -0.3 is 11.1 Å². The molecule has 168 valence electrons. The van der Waals surface area contributed by atoms with E-state index in [1.807, 2.05) is 29.7 Å². The first-order chi connectivity index (χ1) is 15.8. The molecule has 0 saturated heterocycles. The molecule has 1 aliphatic heterocycles. The second-order valence-electron chi connectivity index (χ2n) is 8.05. The number of nitrogens with one attached hydrogen (secondary N) is 1. The number of halogens is 3. The molecule has 0 spiro atoms. The number of fused-ring (bicyclic) bond motifs is 3. The van der Waals surface area contributed by atoms with E-state index in [1.165, 1.54) is 12.1 Å². The fraction of sp³-hybridized carbons (Fsp3) is 0.208. The van der Waals surface area contributed by atoms with Gasteiger partial charge in [0.1, 0.15) is 17.5 Å². The van der Waals surface area contributed by atoms with Crippen LogP contribution >= 0.6 is 0 Å². The quantitative estimate of drug-likeness (QED) is 0.440. The van der Waals surface area contributed by atoms with Crippen LogP contribution in [0.25, 0.3) is 16.8 Å². The van der Waals surface area contributed by atoms with Crippen LogP contribution < -0.4 is 11.1 Å². The van der Waals surface area contributed by atoms with Crippen LogP contribution in [-0.4, -0.2) is 19.7 Å². The van der Waals surface area contributed by atoms with Crippen molar-refractivity contribution in [2.45, 2.75) is 32.0 Å². The third-order valence-corrected chi connectivity index (χ3v) is 5.87. The Morgan fingerprint density at radius 2 is 1.76 bits per heavy atom. The summed E-state index contributed by atoms with van der Waals surface area (Å²) in [6, 6.07) is 14.8. The molecule has 0 radical (unpaired) electrons. The number of pyridine rings is 1. The van der Waals surface area contributed by atoms with Gasteiger partial charge in [0, 0.05) is 23.9 Å². The number of alkyl halides is 3. The summed E-state index contributed by atoms with van der Waals surface area (Å²) in [7, 11) is 0. The lowest BCUT2D eigenvalue weighted by Gasteiger charge is -2.22. The Labute approximate surface area is 188 Å². The van der Waals surface area contributed by atoms with Crippen LogP contribution in [0.15, 0.2) is 60.8 Å². The van der Waals surface area contributed by atoms with E-state index in [0.717, 1.165) is 46.2 Å². The summed E-state index contributed by atoms with van der Waals surface area (Å²) in [6.45, 7) is 1.90. The van der Waals surface area contributed by atoms with Crippen LogP contribution in [0, 0.1) is 6.92 Å². The molecular weight excluding hydrogens is 429 g/mol. The molecule has 6 nitrogen and oxygen atoms in total. The van der Waals surface area contributed by atoms with Crippen molar-refractivity contribution in [2.24, 2.45) is 0 Å². The molecule has 3 heterocycles. The Balaban J connectivity index is 1.56. The minimum Gasteiger partial charge on any atom is -0.384 e. The largest absolute Gasteiger partial charge is 0.416 e. The molecule has 2 aromatic carbocycles. The maximum atomic E-state index is 13.0. The predicted octanol–water partition coefficient (Wildman–Crippen LogP) is 5.34. The second kappa shape index (κ2) is 7.91. The summed E-state index contributed by atoms with van der Waals surface area (Å²) in [6.07, 6.45) is -1.27. The van der Waals surface area contributed by atoms with Gasteiger partial charge in [-0.1, -0.05) is 6.07 Å². The Morgan fingerprint density at radius 3 is 2.45 bits per heavy atom. The lowest BCUT2D eigenvalue weighted by atomic mass is 9.96. The van der Waals surface area contributed by atoms with E-state index >= 15 is 0 Å². The van der Waals surface area contributed by atoms with Crippen molar-refractivity contribution in [1.29, 1.82) is 0 Å². The molecule has 5 rings (SSSR count). The van der Waals surface area contributed by atoms with Crippen LogP contribution in [-0.2, 0) is 12.6 Å². The number of benzene rings is 2. The van der Waals surface area contributed by atoms with Crippen molar-refractivity contribution < 1.29 is 13.2 Å². The highest BCUT2D eigenvalue weighted by molar-refractivity contribution is 5.68. The van der Waals surface area contributed by atoms with E-state index in [-0.39, 0.29) is 6.04 Å². The zero-order valence-corrected chi connectivity index (χ0v) is 17.8. The summed E-state index contributed by atoms with van der Waals surface area (Å²) in [5, 5.41) is 12.0. The highest BCUT2D eigenvalue weighted by Gasteiger charge is 2.30. The fourth-order valence-electron chi connectivity index (χ4n) is 4.21. The number of nitrogen functional groups attached to an aromatic ring is 1. The van der Waals surface area contributed by atoms with Gasteiger partial charge in [0.25, 0.3) is 0 Å². The molecule has 1 atom stereocenters. The third kappa shape index (κ3) is 4.02. The van der Waals surface area contributed by atoms with E-state index in [0.29, 0.717) is 24.3 Å². The third-order valence-electron chi connectivity index (χ3n) is 5.87. The van der Waals surface area contributed by atoms with Crippen molar-refractivity contribution >= 4 is 11.5 Å². The SMILES string of the molecule is Cc1nnc2n1-c1ccc(-c3ccc(N)nc3)cc1C(Nc1ccc(C(F)(F)F)cc1)CC2. The molecule has 1 aliphatic rings. The van der Waals surface area contributed by atoms with Gasteiger partial charge in [-0.05, 0) is 73.0 Å². The molecule has 0 amide bonds. The zero-order chi connectivity index (χ0) is 23.2. The van der Waals surface area contributed by atoms with Gasteiger partial charge in [0.2, 0.25) is 0 Å². The molecular formula is C24H21F3N6. The standard InChI is InChI=1S/C24H21F3N6/c1-14-31-32-23-11-8-20(30-18-6-4-17(5-7-18)24(25,26)27)19-12-15(2-9-21(19)33(14)23)16-3-10-22(28)29-13-16/h2-7,9-10,12-13,20,30H,8,11H2,1H3,(H2,28,29). The molecule has 9 heteroatoms. The van der Waals surface area contributed by atoms with Crippen LogP contribution in [0.2, 0.25) is 0 Å². The van der Waals surface area contributed by atoms with Crippen molar-refractivity contribution in [1.82, 2.24) is 19.7 Å². The molecule has 0 saturated carbocycles. The average molecular weight is 450 g/mol. The lowest BCUT2D eigenvalue weighted by molar-refractivity contribution is -0.137. The van der Waals surface area contributed by atoms with E-state index < -0.39 is 11.7 Å². The number of hydrogen-bond donors (Lipinski definition) is 2. The number of anilines is 2. The molecule has 2 aromatic heterocycles. The molecule has 4 aromatic rings. The summed E-state index contributed by atoms with van der Waals surface area (Å²) in [4.78, 5) is 4.19. The van der Waals surface area contributed by atoms with Gasteiger partial charge in [-0.15, -0.1) is 10.2 Å². The minimum absolute atomic E-state index is 0.139. The number of nitrogens with zero attached hydrogens (tertiary/aromatic N) is 4. The molecule has 33 heavy (non-hydrogen) atoms. The number of aromatic nitrogens is 4. The van der Waals surface area contributed by atoms with Crippen molar-refractivity contribution in [3.8, 4) is 16.8 Å². The topological polar surface area (TPSA) is 81.7 Å². The van der Waals surface area contributed by atoms with Gasteiger partial charge in [0.15, 0.2) is 0 Å². The molecule has 0 aliphatic carbocycles. The first kappa shape index (κ1) is 21.0. The Bertz CT molecular complexity index is 1290. The van der Waals surface area contributed by atoms with E-state index in [2.05, 4.69) is 26.6 Å². The summed E-state index contributed by atoms with van der Waals surface area (Å²) in [5.74, 6) is 2.08. The number of rotatable bonds is 3. The van der Waals surface area contributed by atoms with Crippen LogP contribution in [0.4, 0.5) is 24.7 Å². The van der Waals surface area contributed by atoms with E-state index in [4.69, 9.17) is 5.73 Å². The monoisotopic (exact) mass is 450 g/mol. The van der Waals surface area contributed by atoms with Crippen molar-refractivity contribution in [3.63, 3.8) is 0 Å². The lowest BCUT2D eigenvalue weighted by Crippen LogP contribution is -2.13. The first-order valence-corrected chi connectivity index (χ1v) is 10.5. The first-order valence-electron chi connectivity index (χ1n) is 10.5. The van der Waals surface area contributed by atoms with Gasteiger partial charge in [-0.25, -0.2) is 4.98 Å². The zero-order valence-electron chi connectivity index (χ0n) is 17.8. The van der Waals surface area contributed by atoms with Crippen LogP contribution in [0.1, 0.15) is 35.2 Å². The van der Waals surface area contributed by atoms with Gasteiger partial charge >= 0.3 is 6.18 Å². The van der Waals surface area contributed by atoms with Crippen molar-refractivity contribution in [3.05, 3.63) is 83.6 Å². The highest BCUT2D eigenvalue weighted by Crippen LogP contribution is 2.37. The fourth-order valence-corrected chi connectivity index (χ4v) is 4.21. The number of hydrogen-bond acceptors (Lipinski definition) is 5. The summed E-state index contributed by atoms with van der Waals surface area (Å²) >= 11 is 0. The Morgan fingerprint density at radius 1 is 1.00 bits per heavy atom. The molecule has 0 fully saturated rings. The predicted molar refractivity (Wildman–Crippen MR) is 120 cm³/mol. The maximum absolute atomic E-state index is 13.0. The molecule has 0 bridgehead atoms. The van der Waals surface area contributed by atoms with Crippen LogP contribution in [0.5, 0.6) is 0 Å². The van der Waals surface area contributed by atoms with E-state index in [1.54, 1.807) is 12.3 Å². The summed E-state index contributed by atoms with van der Waals surface area (Å²) in [5.41, 5.74) is 9.52. The van der Waals surface area contributed by atoms with Gasteiger partial charge in [-0.2, -0.15) is 13.2 Å². The maximum Gasteiger partial charge on any atom is 0.416 e. The second-order valence-corrected chi connectivity index (χ2v) is 8.05. The number of aryl methyl sites for hydroxylation is 2. The number of nitrogens with two attached hydrogens (primary N) is 1. The van der Waals surface area contributed by atoms with Crippen molar-refractivity contribution in [2.75, 3.05) is 11.1 Å². The Hall–Kier alpha value is -3.88. The van der Waals surface area contributed by atoms with Gasteiger partial charge in [-0.3, -0.25) is 4.57 Å². The molecule has 3 N–H and O–H groups in total. The smallest absolute Gasteiger partial charge is 0.384 e. The minimum atomic E-state index is -4.37.